The quantitative estimate of drug-likeness (QED) is 0.712. The zero-order valence-electron chi connectivity index (χ0n) is 9.26. The molecular weight excluding hydrogens is 268 g/mol. The Hall–Kier alpha value is -1.65. The predicted octanol–water partition coefficient (Wildman–Crippen LogP) is 4.21. The Labute approximate surface area is 113 Å². The van der Waals surface area contributed by atoms with Crippen molar-refractivity contribution in [3.05, 3.63) is 47.5 Å². The molecule has 90 valence electrons. The number of benzene rings is 2. The lowest BCUT2D eigenvalue weighted by Gasteiger charge is -2.03. The van der Waals surface area contributed by atoms with Gasteiger partial charge in [-0.15, -0.1) is 0 Å². The van der Waals surface area contributed by atoms with Crippen LogP contribution in [0.15, 0.2) is 57.0 Å². The average Bonchev–Trinajstić information content (AvgIpc) is 2.76. The number of anilines is 1. The van der Waals surface area contributed by atoms with Gasteiger partial charge in [-0.2, -0.15) is 0 Å². The van der Waals surface area contributed by atoms with Gasteiger partial charge < -0.3 is 10.2 Å². The third kappa shape index (κ3) is 2.05. The normalized spacial score (nSPS) is 10.9. The van der Waals surface area contributed by atoms with Crippen molar-refractivity contribution in [2.45, 2.75) is 10.1 Å². The maximum atomic E-state index is 6.11. The van der Waals surface area contributed by atoms with Gasteiger partial charge in [0.05, 0.1) is 9.92 Å². The molecule has 2 aromatic carbocycles. The van der Waals surface area contributed by atoms with Crippen molar-refractivity contribution >= 4 is 40.1 Å². The summed E-state index contributed by atoms with van der Waals surface area (Å²) in [5.74, 6) is 0. The molecule has 0 fully saturated rings. The van der Waals surface area contributed by atoms with Crippen LogP contribution in [-0.2, 0) is 0 Å². The number of nitrogen functional groups attached to an aromatic ring is 1. The lowest BCUT2D eigenvalue weighted by molar-refractivity contribution is 0.489. The second-order valence-electron chi connectivity index (χ2n) is 3.71. The Kier molecular flexibility index (Phi) is 2.89. The summed E-state index contributed by atoms with van der Waals surface area (Å²) in [6, 6.07) is 13.0. The smallest absolute Gasteiger partial charge is 0.261 e. The molecule has 2 N–H and O–H groups in total. The predicted molar refractivity (Wildman–Crippen MR) is 74.0 cm³/mol. The van der Waals surface area contributed by atoms with Crippen LogP contribution in [-0.4, -0.2) is 4.98 Å². The monoisotopic (exact) mass is 276 g/mol. The summed E-state index contributed by atoms with van der Waals surface area (Å²) in [6.45, 7) is 0. The van der Waals surface area contributed by atoms with Crippen molar-refractivity contribution in [2.75, 3.05) is 5.73 Å². The first kappa shape index (κ1) is 11.4. The first-order valence-corrected chi connectivity index (χ1v) is 6.51. The van der Waals surface area contributed by atoms with Gasteiger partial charge in [0.25, 0.3) is 5.22 Å². The van der Waals surface area contributed by atoms with Crippen LogP contribution in [0.2, 0.25) is 5.02 Å². The summed E-state index contributed by atoms with van der Waals surface area (Å²) in [6.07, 6.45) is 0. The zero-order chi connectivity index (χ0) is 12.5. The first-order chi connectivity index (χ1) is 8.74. The molecule has 0 aliphatic carbocycles. The van der Waals surface area contributed by atoms with Gasteiger partial charge in [0.15, 0.2) is 5.58 Å². The first-order valence-electron chi connectivity index (χ1n) is 5.31. The van der Waals surface area contributed by atoms with Crippen LogP contribution >= 0.6 is 23.4 Å². The van der Waals surface area contributed by atoms with Crippen molar-refractivity contribution in [3.63, 3.8) is 0 Å². The van der Waals surface area contributed by atoms with E-state index >= 15 is 0 Å². The maximum absolute atomic E-state index is 6.11. The van der Waals surface area contributed by atoms with Crippen LogP contribution in [0.1, 0.15) is 0 Å². The van der Waals surface area contributed by atoms with E-state index in [0.29, 0.717) is 15.9 Å². The fourth-order valence-corrected chi connectivity index (χ4v) is 2.71. The number of aromatic nitrogens is 1. The fourth-order valence-electron chi connectivity index (χ4n) is 1.62. The van der Waals surface area contributed by atoms with Gasteiger partial charge in [-0.05, 0) is 36.0 Å². The molecule has 1 heterocycles. The number of hydrogen-bond acceptors (Lipinski definition) is 4. The molecule has 0 atom stereocenters. The number of halogens is 1. The molecule has 0 aliphatic rings. The van der Waals surface area contributed by atoms with E-state index in [-0.39, 0.29) is 0 Å². The molecule has 3 rings (SSSR count). The van der Waals surface area contributed by atoms with Crippen LogP contribution in [0.5, 0.6) is 0 Å². The second-order valence-corrected chi connectivity index (χ2v) is 5.08. The lowest BCUT2D eigenvalue weighted by Crippen LogP contribution is -1.88. The Bertz CT molecular complexity index is 658. The molecule has 0 bridgehead atoms. The minimum absolute atomic E-state index is 0.538. The standard InChI is InChI=1S/C13H9ClN2OS/c14-8-4-3-5-9(15)12(8)18-13-16-10-6-1-2-7-11(10)17-13/h1-7H,15H2. The zero-order valence-corrected chi connectivity index (χ0v) is 10.8. The van der Waals surface area contributed by atoms with Crippen LogP contribution in [0.25, 0.3) is 11.1 Å². The Morgan fingerprint density at radius 1 is 1.11 bits per heavy atom. The van der Waals surface area contributed by atoms with E-state index in [1.807, 2.05) is 30.3 Å². The number of hydrogen-bond donors (Lipinski definition) is 1. The van der Waals surface area contributed by atoms with E-state index in [4.69, 9.17) is 21.8 Å². The van der Waals surface area contributed by atoms with Gasteiger partial charge in [0, 0.05) is 5.69 Å². The Morgan fingerprint density at radius 3 is 2.72 bits per heavy atom. The largest absolute Gasteiger partial charge is 0.431 e. The minimum atomic E-state index is 0.538. The average molecular weight is 277 g/mol. The number of nitrogens with zero attached hydrogens (tertiary/aromatic N) is 1. The third-order valence-corrected chi connectivity index (χ3v) is 3.90. The summed E-state index contributed by atoms with van der Waals surface area (Å²) < 4.78 is 5.62. The molecule has 0 amide bonds. The number of nitrogens with two attached hydrogens (primary N) is 1. The summed E-state index contributed by atoms with van der Waals surface area (Å²) in [7, 11) is 0. The molecule has 3 nitrogen and oxygen atoms in total. The van der Waals surface area contributed by atoms with Crippen molar-refractivity contribution in [2.24, 2.45) is 0 Å². The molecule has 18 heavy (non-hydrogen) atoms. The molecule has 0 radical (unpaired) electrons. The van der Waals surface area contributed by atoms with E-state index in [0.717, 1.165) is 16.0 Å². The molecule has 0 aliphatic heterocycles. The van der Waals surface area contributed by atoms with Gasteiger partial charge in [-0.25, -0.2) is 4.98 Å². The molecule has 1 aromatic heterocycles. The molecule has 3 aromatic rings. The van der Waals surface area contributed by atoms with E-state index in [1.54, 1.807) is 12.1 Å². The van der Waals surface area contributed by atoms with Gasteiger partial charge in [-0.1, -0.05) is 29.8 Å². The summed E-state index contributed by atoms with van der Waals surface area (Å²) >= 11 is 7.44. The van der Waals surface area contributed by atoms with Gasteiger partial charge in [0.2, 0.25) is 0 Å². The Morgan fingerprint density at radius 2 is 1.94 bits per heavy atom. The van der Waals surface area contributed by atoms with Crippen molar-refractivity contribution in [1.82, 2.24) is 4.98 Å². The van der Waals surface area contributed by atoms with Crippen LogP contribution in [0.4, 0.5) is 5.69 Å². The van der Waals surface area contributed by atoms with E-state index in [1.165, 1.54) is 11.8 Å². The molecule has 5 heteroatoms. The number of para-hydroxylation sites is 2. The Balaban J connectivity index is 2.01. The van der Waals surface area contributed by atoms with E-state index in [2.05, 4.69) is 4.98 Å². The van der Waals surface area contributed by atoms with Gasteiger partial charge >= 0.3 is 0 Å². The van der Waals surface area contributed by atoms with Gasteiger partial charge in [0.1, 0.15) is 5.52 Å². The summed E-state index contributed by atoms with van der Waals surface area (Å²) in [5.41, 5.74) is 8.09. The summed E-state index contributed by atoms with van der Waals surface area (Å²) in [5, 5.41) is 1.14. The maximum Gasteiger partial charge on any atom is 0.261 e. The molecule has 0 spiro atoms. The van der Waals surface area contributed by atoms with Gasteiger partial charge in [-0.3, -0.25) is 0 Å². The topological polar surface area (TPSA) is 52.0 Å². The highest BCUT2D eigenvalue weighted by Crippen LogP contribution is 2.37. The lowest BCUT2D eigenvalue weighted by atomic mass is 10.3. The highest BCUT2D eigenvalue weighted by atomic mass is 35.5. The van der Waals surface area contributed by atoms with E-state index < -0.39 is 0 Å². The highest BCUT2D eigenvalue weighted by Gasteiger charge is 2.11. The van der Waals surface area contributed by atoms with Crippen LogP contribution < -0.4 is 5.73 Å². The number of rotatable bonds is 2. The second kappa shape index (κ2) is 4.55. The molecule has 0 saturated carbocycles. The molecule has 0 unspecified atom stereocenters. The van der Waals surface area contributed by atoms with Crippen molar-refractivity contribution in [3.8, 4) is 0 Å². The molecular formula is C13H9ClN2OS. The number of fused-ring (bicyclic) bond motifs is 1. The highest BCUT2D eigenvalue weighted by molar-refractivity contribution is 7.99. The van der Waals surface area contributed by atoms with Crippen molar-refractivity contribution < 1.29 is 4.42 Å². The van der Waals surface area contributed by atoms with Crippen molar-refractivity contribution in [1.29, 1.82) is 0 Å². The SMILES string of the molecule is Nc1cccc(Cl)c1Sc1nc2ccccc2o1. The van der Waals surface area contributed by atoms with E-state index in [9.17, 15) is 0 Å². The fraction of sp³-hybridized carbons (Fsp3) is 0. The minimum Gasteiger partial charge on any atom is -0.431 e. The summed E-state index contributed by atoms with van der Waals surface area (Å²) in [4.78, 5) is 5.14. The molecule has 0 saturated heterocycles. The number of oxazole rings is 1. The third-order valence-electron chi connectivity index (χ3n) is 2.46. The van der Waals surface area contributed by atoms with Crippen LogP contribution in [0.3, 0.4) is 0 Å². The van der Waals surface area contributed by atoms with Crippen LogP contribution in [0, 0.1) is 0 Å².